The third-order valence-electron chi connectivity index (χ3n) is 0. The molecule has 0 N–H and O–H groups in total. The van der Waals surface area contributed by atoms with Crippen molar-refractivity contribution in [3.63, 3.8) is 0 Å². The fourth-order valence-corrected chi connectivity index (χ4v) is 0. The van der Waals surface area contributed by atoms with E-state index in [-0.39, 0.29) is 1250 Å². The van der Waals surface area contributed by atoms with E-state index < -0.39 is 0 Å². The summed E-state index contributed by atoms with van der Waals surface area (Å²) >= 11 is 0. The van der Waals surface area contributed by atoms with E-state index in [2.05, 4.69) is 0 Å². The molecule has 0 heterocycles. The van der Waals surface area contributed by atoms with Gasteiger partial charge in [0.1, 0.15) is 0 Å². The van der Waals surface area contributed by atoms with E-state index in [4.69, 9.17) is 0 Å². The summed E-state index contributed by atoms with van der Waals surface area (Å²) in [6.45, 7) is 0. The summed E-state index contributed by atoms with van der Waals surface area (Å²) in [6, 6.07) is 0. The summed E-state index contributed by atoms with van der Waals surface area (Å²) in [5.41, 5.74) is 0. The van der Waals surface area contributed by atoms with E-state index in [1.165, 1.54) is 0 Å². The minimum Gasteiger partial charge on any atom is 0 e. The molecule has 0 nitrogen and oxygen atoms in total. The van der Waals surface area contributed by atoms with Crippen molar-refractivity contribution in [2.24, 2.45) is 0 Å². The van der Waals surface area contributed by atoms with Crippen LogP contribution >= 0.6 is 0 Å². The molecule has 35 radical (unpaired) electrons. The van der Waals surface area contributed by atoms with Crippen LogP contribution in [0.4, 0.5) is 0 Å². The molecular formula is La35. The summed E-state index contributed by atoms with van der Waals surface area (Å²) in [5.74, 6) is 0. The molecule has 0 unspecified atom stereocenters. The second-order valence-electron chi connectivity index (χ2n) is 0. The molecule has 35 heavy (non-hydrogen) atoms. The fraction of sp³-hybridized carbons (Fsp3) is 0. The largest absolute Gasteiger partial charge is 0 e. The zero-order valence-electron chi connectivity index (χ0n) is 20.2. The Hall–Kier alpha value is 41.8. The van der Waals surface area contributed by atoms with E-state index >= 15 is 0 Å². The van der Waals surface area contributed by atoms with Crippen molar-refractivity contribution in [2.45, 2.75) is 0 Å². The molecule has 0 aliphatic rings. The Bertz CT molecular complexity index is 0. The Morgan fingerprint density at radius 2 is 0.0286 bits per heavy atom. The van der Waals surface area contributed by atoms with E-state index in [0.29, 0.717) is 0 Å². The molecule has 0 atom stereocenters. The molecule has 0 bridgehead atoms. The smallest absolute Gasteiger partial charge is 0 e. The maximum Gasteiger partial charge on any atom is 0 e. The molecule has 0 aliphatic heterocycles. The fourth-order valence-electron chi connectivity index (χ4n) is 0. The summed E-state index contributed by atoms with van der Waals surface area (Å²) in [6.07, 6.45) is 0. The first kappa shape index (κ1) is 253. The Kier molecular flexibility index (Phi) is 1750. The quantitative estimate of drug-likeness (QED) is 0.321. The van der Waals surface area contributed by atoms with Crippen LogP contribution in [-0.2, 0) is 0 Å². The van der Waals surface area contributed by atoms with Crippen molar-refractivity contribution in [1.82, 2.24) is 0 Å². The van der Waals surface area contributed by atoms with E-state index in [0.717, 1.165) is 0 Å². The zero-order valence-corrected chi connectivity index (χ0v) is 147. The molecule has 0 saturated heterocycles. The third-order valence-corrected chi connectivity index (χ3v) is 0. The minimum atomic E-state index is 0. The van der Waals surface area contributed by atoms with E-state index in [9.17, 15) is 0 Å². The predicted octanol–water partition coefficient (Wildman–Crippen LogP) is 0. The molecule has 0 aromatic carbocycles. The summed E-state index contributed by atoms with van der Waals surface area (Å²) in [4.78, 5) is 0. The van der Waals surface area contributed by atoms with Gasteiger partial charge in [-0.05, 0) is 0 Å². The molecule has 35 heteroatoms. The van der Waals surface area contributed by atoms with Crippen LogP contribution in [0, 0.1) is 1250 Å². The van der Waals surface area contributed by atoms with Gasteiger partial charge in [-0.3, -0.25) is 0 Å². The first-order chi connectivity index (χ1) is 0. The van der Waals surface area contributed by atoms with Gasteiger partial charge in [0, 0.05) is 1250 Å². The molecule has 0 rings (SSSR count). The van der Waals surface area contributed by atoms with Crippen LogP contribution < -0.4 is 0 Å². The van der Waals surface area contributed by atoms with Gasteiger partial charge in [-0.1, -0.05) is 0 Å². The van der Waals surface area contributed by atoms with Gasteiger partial charge in [0.2, 0.25) is 0 Å². The monoisotopic (exact) mass is 4860 g/mol. The van der Waals surface area contributed by atoms with E-state index in [1.54, 1.807) is 0 Å². The molecule has 105 valence electrons. The van der Waals surface area contributed by atoms with Crippen LogP contribution in [0.15, 0.2) is 0 Å². The van der Waals surface area contributed by atoms with Crippen LogP contribution in [0.1, 0.15) is 0 Å². The standard InChI is InChI=1S/35La. The van der Waals surface area contributed by atoms with Gasteiger partial charge >= 0.3 is 0 Å². The molecular weight excluding hydrogens is 4860 g/mol. The van der Waals surface area contributed by atoms with Crippen molar-refractivity contribution in [3.8, 4) is 0 Å². The molecule has 0 amide bonds. The molecule has 0 aliphatic carbocycles. The number of hydrogen-bond donors (Lipinski definition) is 0. The van der Waals surface area contributed by atoms with E-state index in [1.807, 2.05) is 0 Å². The van der Waals surface area contributed by atoms with Gasteiger partial charge in [-0.25, -0.2) is 0 Å². The van der Waals surface area contributed by atoms with Crippen LogP contribution in [-0.4, -0.2) is 0 Å². The summed E-state index contributed by atoms with van der Waals surface area (Å²) < 4.78 is 0. The average Bonchev–Trinajstić information content (AvgIpc) is 0. The molecule has 0 spiro atoms. The second-order valence-corrected chi connectivity index (χ2v) is 0. The topological polar surface area (TPSA) is 0 Å². The Balaban J connectivity index is 0. The first-order valence-electron chi connectivity index (χ1n) is 0. The van der Waals surface area contributed by atoms with Gasteiger partial charge in [0.05, 0.1) is 0 Å². The maximum atomic E-state index is 0. The first-order valence-corrected chi connectivity index (χ1v) is 0. The average molecular weight is 4860 g/mol. The van der Waals surface area contributed by atoms with Crippen molar-refractivity contribution >= 4 is 0 Å². The van der Waals surface area contributed by atoms with Crippen molar-refractivity contribution in [1.29, 1.82) is 0 Å². The number of hydrogen-bond acceptors (Lipinski definition) is 0. The molecule has 0 aromatic rings. The zero-order chi connectivity index (χ0) is 0. The van der Waals surface area contributed by atoms with Crippen LogP contribution in [0.3, 0.4) is 0 Å². The van der Waals surface area contributed by atoms with Gasteiger partial charge in [-0.15, -0.1) is 0 Å². The Morgan fingerprint density at radius 3 is 0.0286 bits per heavy atom. The minimum absolute atomic E-state index is 0. The third kappa shape index (κ3) is 236. The Labute approximate surface area is 1190 Å². The normalized spacial score (nSPS) is 0. The van der Waals surface area contributed by atoms with Gasteiger partial charge in [0.15, 0.2) is 0 Å². The molecule has 0 fully saturated rings. The summed E-state index contributed by atoms with van der Waals surface area (Å²) in [7, 11) is 0. The SMILES string of the molecule is [La].[La].[La].[La].[La].[La].[La].[La].[La].[La].[La].[La].[La].[La].[La].[La].[La].[La].[La].[La].[La].[La].[La].[La].[La].[La].[La].[La].[La].[La].[La].[La].[La].[La].[La]. The summed E-state index contributed by atoms with van der Waals surface area (Å²) in [5, 5.41) is 0. The van der Waals surface area contributed by atoms with Gasteiger partial charge in [0.25, 0.3) is 0 Å². The molecule has 0 saturated carbocycles. The van der Waals surface area contributed by atoms with Crippen LogP contribution in [0.25, 0.3) is 0 Å². The maximum absolute atomic E-state index is 0. The Morgan fingerprint density at radius 1 is 0.0286 bits per heavy atom. The van der Waals surface area contributed by atoms with Crippen molar-refractivity contribution in [2.75, 3.05) is 0 Å². The molecule has 0 aromatic heterocycles. The van der Waals surface area contributed by atoms with Gasteiger partial charge < -0.3 is 0 Å². The van der Waals surface area contributed by atoms with Crippen molar-refractivity contribution in [3.05, 3.63) is 0 Å². The second kappa shape index (κ2) is 243. The number of rotatable bonds is 0. The van der Waals surface area contributed by atoms with Gasteiger partial charge in [-0.2, -0.15) is 0 Å². The van der Waals surface area contributed by atoms with Crippen molar-refractivity contribution < 1.29 is 1250 Å². The van der Waals surface area contributed by atoms with Crippen LogP contribution in [0.5, 0.6) is 0 Å². The predicted molar refractivity (Wildman–Crippen MR) is 0 cm³/mol. The van der Waals surface area contributed by atoms with Crippen LogP contribution in [0.2, 0.25) is 0 Å².